The highest BCUT2D eigenvalue weighted by Crippen LogP contribution is 2.35. The molecule has 0 fully saturated rings. The lowest BCUT2D eigenvalue weighted by atomic mass is 10.2. The quantitative estimate of drug-likeness (QED) is 0.536. The van der Waals surface area contributed by atoms with Crippen molar-refractivity contribution in [2.24, 2.45) is 0 Å². The molecule has 142 valence electrons. The molecule has 0 saturated heterocycles. The standard InChI is InChI=1S/C21H23NO5/c1-3-4-10-24-15(2)21(23)22-17-7-5-6-16(11-17)13-25-18-8-9-19-20(12-18)27-14-26-19/h3,5-9,11-12,15H,1,4,10,13-14H2,2H3,(H,22,23). The van der Waals surface area contributed by atoms with Gasteiger partial charge in [0.2, 0.25) is 6.79 Å². The highest BCUT2D eigenvalue weighted by molar-refractivity contribution is 5.93. The highest BCUT2D eigenvalue weighted by Gasteiger charge is 2.15. The molecule has 0 bridgehead atoms. The number of amides is 1. The first-order valence-corrected chi connectivity index (χ1v) is 8.80. The number of hydrogen-bond acceptors (Lipinski definition) is 5. The summed E-state index contributed by atoms with van der Waals surface area (Å²) in [6.45, 7) is 6.43. The van der Waals surface area contributed by atoms with Gasteiger partial charge in [-0.3, -0.25) is 4.79 Å². The zero-order chi connectivity index (χ0) is 19.1. The molecular formula is C21H23NO5. The van der Waals surface area contributed by atoms with Crippen molar-refractivity contribution in [3.63, 3.8) is 0 Å². The predicted molar refractivity (Wildman–Crippen MR) is 102 cm³/mol. The van der Waals surface area contributed by atoms with E-state index in [1.807, 2.05) is 36.4 Å². The molecule has 3 rings (SSSR count). The maximum Gasteiger partial charge on any atom is 0.253 e. The molecule has 0 aromatic heterocycles. The molecule has 2 aromatic carbocycles. The van der Waals surface area contributed by atoms with Gasteiger partial charge in [-0.15, -0.1) is 6.58 Å². The van der Waals surface area contributed by atoms with Gasteiger partial charge in [0.1, 0.15) is 18.5 Å². The van der Waals surface area contributed by atoms with Gasteiger partial charge in [0.05, 0.1) is 6.61 Å². The normalized spacial score (nSPS) is 13.1. The van der Waals surface area contributed by atoms with Crippen LogP contribution >= 0.6 is 0 Å². The Labute approximate surface area is 158 Å². The number of nitrogens with one attached hydrogen (secondary N) is 1. The Bertz CT molecular complexity index is 805. The van der Waals surface area contributed by atoms with Gasteiger partial charge in [0.15, 0.2) is 11.5 Å². The Morgan fingerprint density at radius 1 is 1.26 bits per heavy atom. The van der Waals surface area contributed by atoms with Crippen LogP contribution in [0.2, 0.25) is 0 Å². The second-order valence-electron chi connectivity index (χ2n) is 6.08. The summed E-state index contributed by atoms with van der Waals surface area (Å²) in [4.78, 5) is 12.2. The lowest BCUT2D eigenvalue weighted by Crippen LogP contribution is -2.28. The van der Waals surface area contributed by atoms with Crippen molar-refractivity contribution in [1.29, 1.82) is 0 Å². The molecule has 1 unspecified atom stereocenters. The van der Waals surface area contributed by atoms with E-state index in [2.05, 4.69) is 11.9 Å². The molecular weight excluding hydrogens is 346 g/mol. The molecule has 1 N–H and O–H groups in total. The first-order chi connectivity index (χ1) is 13.2. The molecule has 6 heteroatoms. The van der Waals surface area contributed by atoms with Crippen molar-refractivity contribution in [3.8, 4) is 17.2 Å². The van der Waals surface area contributed by atoms with Crippen LogP contribution in [0.5, 0.6) is 17.2 Å². The smallest absolute Gasteiger partial charge is 0.253 e. The summed E-state index contributed by atoms with van der Waals surface area (Å²) in [7, 11) is 0. The molecule has 1 aliphatic rings. The first kappa shape index (κ1) is 18.8. The number of hydrogen-bond donors (Lipinski definition) is 1. The number of rotatable bonds is 9. The summed E-state index contributed by atoms with van der Waals surface area (Å²) < 4.78 is 21.9. The van der Waals surface area contributed by atoms with Crippen molar-refractivity contribution in [2.75, 3.05) is 18.7 Å². The zero-order valence-corrected chi connectivity index (χ0v) is 15.3. The fraction of sp³-hybridized carbons (Fsp3) is 0.286. The Kier molecular flexibility index (Phi) is 6.33. The summed E-state index contributed by atoms with van der Waals surface area (Å²) in [6.07, 6.45) is 1.94. The van der Waals surface area contributed by atoms with Gasteiger partial charge in [-0.25, -0.2) is 0 Å². The van der Waals surface area contributed by atoms with E-state index in [1.54, 1.807) is 19.1 Å². The summed E-state index contributed by atoms with van der Waals surface area (Å²) in [6, 6.07) is 13.0. The van der Waals surface area contributed by atoms with Crippen LogP contribution in [0.4, 0.5) is 5.69 Å². The van der Waals surface area contributed by atoms with E-state index < -0.39 is 6.10 Å². The first-order valence-electron chi connectivity index (χ1n) is 8.80. The van der Waals surface area contributed by atoms with Crippen LogP contribution in [0.25, 0.3) is 0 Å². The average molecular weight is 369 g/mol. The van der Waals surface area contributed by atoms with Crippen LogP contribution in [0.15, 0.2) is 55.1 Å². The van der Waals surface area contributed by atoms with E-state index in [4.69, 9.17) is 18.9 Å². The van der Waals surface area contributed by atoms with Gasteiger partial charge < -0.3 is 24.3 Å². The fourth-order valence-electron chi connectivity index (χ4n) is 2.52. The molecule has 2 aromatic rings. The van der Waals surface area contributed by atoms with E-state index in [0.717, 1.165) is 11.3 Å². The summed E-state index contributed by atoms with van der Waals surface area (Å²) in [5, 5.41) is 2.86. The van der Waals surface area contributed by atoms with Gasteiger partial charge >= 0.3 is 0 Å². The lowest BCUT2D eigenvalue weighted by Gasteiger charge is -2.14. The molecule has 27 heavy (non-hydrogen) atoms. The molecule has 0 saturated carbocycles. The second kappa shape index (κ2) is 9.09. The molecule has 1 amide bonds. The number of ether oxygens (including phenoxy) is 4. The molecule has 1 aliphatic heterocycles. The number of carbonyl (C=O) groups is 1. The molecule has 1 atom stereocenters. The van der Waals surface area contributed by atoms with Gasteiger partial charge in [-0.05, 0) is 43.2 Å². The summed E-state index contributed by atoms with van der Waals surface area (Å²) >= 11 is 0. The van der Waals surface area contributed by atoms with Crippen LogP contribution in [-0.2, 0) is 16.1 Å². The summed E-state index contributed by atoms with van der Waals surface area (Å²) in [5.74, 6) is 1.90. The van der Waals surface area contributed by atoms with Crippen LogP contribution in [-0.4, -0.2) is 25.4 Å². The number of benzene rings is 2. The third-order valence-corrected chi connectivity index (χ3v) is 4.00. The molecule has 0 aliphatic carbocycles. The average Bonchev–Trinajstić information content (AvgIpc) is 3.14. The molecule has 0 spiro atoms. The molecule has 0 radical (unpaired) electrons. The Hall–Kier alpha value is -2.99. The van der Waals surface area contributed by atoms with Crippen LogP contribution < -0.4 is 19.5 Å². The van der Waals surface area contributed by atoms with Crippen molar-refractivity contribution < 1.29 is 23.7 Å². The largest absolute Gasteiger partial charge is 0.489 e. The minimum absolute atomic E-state index is 0.187. The Balaban J connectivity index is 1.54. The number of fused-ring (bicyclic) bond motifs is 1. The van der Waals surface area contributed by atoms with Crippen molar-refractivity contribution in [1.82, 2.24) is 0 Å². The van der Waals surface area contributed by atoms with Crippen LogP contribution in [0.1, 0.15) is 18.9 Å². The lowest BCUT2D eigenvalue weighted by molar-refractivity contribution is -0.126. The van der Waals surface area contributed by atoms with Crippen LogP contribution in [0.3, 0.4) is 0 Å². The summed E-state index contributed by atoms with van der Waals surface area (Å²) in [5.41, 5.74) is 1.64. The third kappa shape index (κ3) is 5.24. The maximum absolute atomic E-state index is 12.2. The van der Waals surface area contributed by atoms with Gasteiger partial charge in [0.25, 0.3) is 5.91 Å². The fourth-order valence-corrected chi connectivity index (χ4v) is 2.52. The minimum Gasteiger partial charge on any atom is -0.489 e. The van der Waals surface area contributed by atoms with Crippen molar-refractivity contribution in [2.45, 2.75) is 26.1 Å². The van der Waals surface area contributed by atoms with E-state index >= 15 is 0 Å². The van der Waals surface area contributed by atoms with Crippen molar-refractivity contribution in [3.05, 3.63) is 60.7 Å². The zero-order valence-electron chi connectivity index (χ0n) is 15.3. The predicted octanol–water partition coefficient (Wildman–Crippen LogP) is 3.91. The van der Waals surface area contributed by atoms with Crippen molar-refractivity contribution >= 4 is 11.6 Å². The monoisotopic (exact) mass is 369 g/mol. The van der Waals surface area contributed by atoms with E-state index in [9.17, 15) is 4.79 Å². The second-order valence-corrected chi connectivity index (χ2v) is 6.08. The topological polar surface area (TPSA) is 66.0 Å². The minimum atomic E-state index is -0.529. The maximum atomic E-state index is 12.2. The highest BCUT2D eigenvalue weighted by atomic mass is 16.7. The Morgan fingerprint density at radius 3 is 2.96 bits per heavy atom. The van der Waals surface area contributed by atoms with Crippen LogP contribution in [0, 0.1) is 0 Å². The number of anilines is 1. The molecule has 1 heterocycles. The van der Waals surface area contributed by atoms with E-state index in [-0.39, 0.29) is 12.7 Å². The van der Waals surface area contributed by atoms with E-state index in [0.29, 0.717) is 36.8 Å². The molecule has 6 nitrogen and oxygen atoms in total. The third-order valence-electron chi connectivity index (χ3n) is 4.00. The van der Waals surface area contributed by atoms with Gasteiger partial charge in [-0.1, -0.05) is 18.2 Å². The van der Waals surface area contributed by atoms with Gasteiger partial charge in [0, 0.05) is 11.8 Å². The number of carbonyl (C=O) groups excluding carboxylic acids is 1. The SMILES string of the molecule is C=CCCOC(C)C(=O)Nc1cccc(COc2ccc3c(c2)OCO3)c1. The Morgan fingerprint density at radius 2 is 2.11 bits per heavy atom. The van der Waals surface area contributed by atoms with Gasteiger partial charge in [-0.2, -0.15) is 0 Å². The van der Waals surface area contributed by atoms with E-state index in [1.165, 1.54) is 0 Å².